The molecule has 0 aliphatic heterocycles. The lowest BCUT2D eigenvalue weighted by Gasteiger charge is -2.10. The van der Waals surface area contributed by atoms with E-state index in [0.29, 0.717) is 0 Å². The Morgan fingerprint density at radius 3 is 1.96 bits per heavy atom. The molecule has 0 rings (SSSR count). The van der Waals surface area contributed by atoms with E-state index in [9.17, 15) is 4.79 Å². The van der Waals surface area contributed by atoms with Gasteiger partial charge in [0.2, 0.25) is 5.91 Å². The minimum absolute atomic E-state index is 0.00952. The Morgan fingerprint density at radius 2 is 1.43 bits per heavy atom. The molecule has 0 saturated carbocycles. The Morgan fingerprint density at radius 1 is 0.913 bits per heavy atom. The highest BCUT2D eigenvalue weighted by Crippen LogP contribution is 2.15. The number of carbonyl (C=O) groups excluding carboxylic acids is 1. The van der Waals surface area contributed by atoms with E-state index in [-0.39, 0.29) is 11.8 Å². The van der Waals surface area contributed by atoms with Gasteiger partial charge in [-0.15, -0.1) is 6.58 Å². The zero-order valence-electron chi connectivity index (χ0n) is 15.4. The Bertz CT molecular complexity index is 309. The Labute approximate surface area is 144 Å². The molecule has 0 aromatic heterocycles. The van der Waals surface area contributed by atoms with Gasteiger partial charge in [-0.3, -0.25) is 4.79 Å². The zero-order chi connectivity index (χ0) is 17.2. The van der Waals surface area contributed by atoms with E-state index in [1.807, 2.05) is 0 Å². The summed E-state index contributed by atoms with van der Waals surface area (Å²) in [5, 5.41) is 0. The van der Waals surface area contributed by atoms with Crippen LogP contribution in [0.2, 0.25) is 0 Å². The van der Waals surface area contributed by atoms with Crippen LogP contribution in [0.3, 0.4) is 0 Å². The molecule has 1 amide bonds. The molecule has 2 N–H and O–H groups in total. The third-order valence-electron chi connectivity index (χ3n) is 4.42. The lowest BCUT2D eigenvalue weighted by molar-refractivity contribution is -0.121. The first-order valence-electron chi connectivity index (χ1n) is 9.77. The number of rotatable bonds is 17. The summed E-state index contributed by atoms with van der Waals surface area (Å²) in [6.45, 7) is 5.95. The van der Waals surface area contributed by atoms with E-state index >= 15 is 0 Å². The maximum Gasteiger partial charge on any atom is 0.220 e. The molecule has 0 aliphatic rings. The molecule has 0 radical (unpaired) electrons. The van der Waals surface area contributed by atoms with Gasteiger partial charge in [-0.1, -0.05) is 76.5 Å². The highest BCUT2D eigenvalue weighted by Gasteiger charge is 2.12. The van der Waals surface area contributed by atoms with E-state index in [1.165, 1.54) is 70.6 Å². The van der Waals surface area contributed by atoms with Crippen molar-refractivity contribution in [3.05, 3.63) is 24.8 Å². The number of allylic oxidation sites excluding steroid dienone is 3. The average Bonchev–Trinajstić information content (AvgIpc) is 2.54. The topological polar surface area (TPSA) is 43.1 Å². The number of hydrogen-bond donors (Lipinski definition) is 1. The normalized spacial score (nSPS) is 12.6. The Hall–Kier alpha value is -1.05. The summed E-state index contributed by atoms with van der Waals surface area (Å²) >= 11 is 0. The predicted octanol–water partition coefficient (Wildman–Crippen LogP) is 6.31. The molecule has 2 heteroatoms. The van der Waals surface area contributed by atoms with Crippen LogP contribution in [-0.4, -0.2) is 5.91 Å². The quantitative estimate of drug-likeness (QED) is 0.247. The molecule has 0 heterocycles. The van der Waals surface area contributed by atoms with Crippen LogP contribution in [0.5, 0.6) is 0 Å². The summed E-state index contributed by atoms with van der Waals surface area (Å²) in [5.41, 5.74) is 5.38. The number of nitrogens with two attached hydrogens (primary N) is 1. The van der Waals surface area contributed by atoms with Gasteiger partial charge in [0.15, 0.2) is 0 Å². The van der Waals surface area contributed by atoms with Gasteiger partial charge in [-0.2, -0.15) is 0 Å². The van der Waals surface area contributed by atoms with Crippen LogP contribution in [0.4, 0.5) is 0 Å². The third-order valence-corrected chi connectivity index (χ3v) is 4.42. The van der Waals surface area contributed by atoms with Gasteiger partial charge >= 0.3 is 0 Å². The molecule has 2 nitrogen and oxygen atoms in total. The smallest absolute Gasteiger partial charge is 0.220 e. The van der Waals surface area contributed by atoms with Crippen LogP contribution < -0.4 is 5.73 Å². The molecular weight excluding hydrogens is 282 g/mol. The minimum atomic E-state index is -0.178. The van der Waals surface area contributed by atoms with Crippen molar-refractivity contribution in [1.82, 2.24) is 0 Å². The minimum Gasteiger partial charge on any atom is -0.369 e. The van der Waals surface area contributed by atoms with Crippen LogP contribution >= 0.6 is 0 Å². The average molecular weight is 322 g/mol. The first-order valence-corrected chi connectivity index (χ1v) is 9.77. The van der Waals surface area contributed by atoms with E-state index < -0.39 is 0 Å². The Kier molecular flexibility index (Phi) is 16.5. The maximum atomic E-state index is 11.2. The lowest BCUT2D eigenvalue weighted by Crippen LogP contribution is -2.22. The van der Waals surface area contributed by atoms with Gasteiger partial charge in [0.25, 0.3) is 0 Å². The SMILES string of the molecule is C=CCC(CCCCCCC=CCCCCCCCC)C(N)=O. The van der Waals surface area contributed by atoms with Gasteiger partial charge in [0, 0.05) is 5.92 Å². The van der Waals surface area contributed by atoms with Gasteiger partial charge in [-0.05, 0) is 38.5 Å². The van der Waals surface area contributed by atoms with Crippen LogP contribution in [0, 0.1) is 5.92 Å². The fraction of sp³-hybridized carbons (Fsp3) is 0.762. The highest BCUT2D eigenvalue weighted by atomic mass is 16.1. The van der Waals surface area contributed by atoms with Crippen LogP contribution in [0.1, 0.15) is 96.8 Å². The summed E-state index contributed by atoms with van der Waals surface area (Å²) in [7, 11) is 0. The summed E-state index contributed by atoms with van der Waals surface area (Å²) < 4.78 is 0. The van der Waals surface area contributed by atoms with Crippen molar-refractivity contribution in [2.75, 3.05) is 0 Å². The first kappa shape index (κ1) is 21.9. The van der Waals surface area contributed by atoms with E-state index in [1.54, 1.807) is 6.08 Å². The molecule has 0 spiro atoms. The lowest BCUT2D eigenvalue weighted by atomic mass is 9.96. The molecule has 0 fully saturated rings. The molecular formula is C21H39NO. The molecule has 0 aromatic rings. The summed E-state index contributed by atoms with van der Waals surface area (Å²) in [5.74, 6) is -0.188. The van der Waals surface area contributed by atoms with E-state index in [4.69, 9.17) is 5.73 Å². The summed E-state index contributed by atoms with van der Waals surface area (Å²) in [6.07, 6.45) is 23.6. The largest absolute Gasteiger partial charge is 0.369 e. The third kappa shape index (κ3) is 15.6. The fourth-order valence-electron chi connectivity index (χ4n) is 2.86. The second kappa shape index (κ2) is 17.3. The number of unbranched alkanes of at least 4 members (excludes halogenated alkanes) is 10. The molecule has 0 bridgehead atoms. The molecule has 1 unspecified atom stereocenters. The molecule has 0 aromatic carbocycles. The second-order valence-electron chi connectivity index (χ2n) is 6.64. The standard InChI is InChI=1S/C21H39NO/c1-3-5-6-7-8-9-10-11-12-13-14-15-16-17-19-20(18-4-2)21(22)23/h4,11-12,20H,2-3,5-10,13-19H2,1H3,(H2,22,23). The van der Waals surface area contributed by atoms with E-state index in [0.717, 1.165) is 19.3 Å². The van der Waals surface area contributed by atoms with Crippen molar-refractivity contribution < 1.29 is 4.79 Å². The van der Waals surface area contributed by atoms with Gasteiger partial charge in [0.05, 0.1) is 0 Å². The zero-order valence-corrected chi connectivity index (χ0v) is 15.4. The van der Waals surface area contributed by atoms with Crippen LogP contribution in [-0.2, 0) is 4.79 Å². The molecule has 1 atom stereocenters. The second-order valence-corrected chi connectivity index (χ2v) is 6.64. The number of carbonyl (C=O) groups is 1. The molecule has 134 valence electrons. The maximum absolute atomic E-state index is 11.2. The van der Waals surface area contributed by atoms with Crippen LogP contribution in [0.25, 0.3) is 0 Å². The van der Waals surface area contributed by atoms with Crippen molar-refractivity contribution >= 4 is 5.91 Å². The van der Waals surface area contributed by atoms with Gasteiger partial charge in [0.1, 0.15) is 0 Å². The first-order chi connectivity index (χ1) is 11.2. The van der Waals surface area contributed by atoms with Crippen LogP contribution in [0.15, 0.2) is 24.8 Å². The predicted molar refractivity (Wildman–Crippen MR) is 102 cm³/mol. The summed E-state index contributed by atoms with van der Waals surface area (Å²) in [4.78, 5) is 11.2. The van der Waals surface area contributed by atoms with E-state index in [2.05, 4.69) is 25.7 Å². The number of hydrogen-bond acceptors (Lipinski definition) is 1. The Balaban J connectivity index is 3.33. The molecule has 23 heavy (non-hydrogen) atoms. The number of primary amides is 1. The fourth-order valence-corrected chi connectivity index (χ4v) is 2.86. The van der Waals surface area contributed by atoms with Crippen molar-refractivity contribution in [3.63, 3.8) is 0 Å². The van der Waals surface area contributed by atoms with Crippen molar-refractivity contribution in [2.24, 2.45) is 11.7 Å². The van der Waals surface area contributed by atoms with Gasteiger partial charge < -0.3 is 5.73 Å². The monoisotopic (exact) mass is 321 g/mol. The van der Waals surface area contributed by atoms with Crippen molar-refractivity contribution in [1.29, 1.82) is 0 Å². The summed E-state index contributed by atoms with van der Waals surface area (Å²) in [6, 6.07) is 0. The molecule has 0 saturated heterocycles. The van der Waals surface area contributed by atoms with Gasteiger partial charge in [-0.25, -0.2) is 0 Å². The number of amides is 1. The van der Waals surface area contributed by atoms with Crippen molar-refractivity contribution in [3.8, 4) is 0 Å². The molecule has 0 aliphatic carbocycles. The highest BCUT2D eigenvalue weighted by molar-refractivity contribution is 5.76. The van der Waals surface area contributed by atoms with Crippen molar-refractivity contribution in [2.45, 2.75) is 96.8 Å².